The Labute approximate surface area is 181 Å². The molecule has 0 bridgehead atoms. The first kappa shape index (κ1) is 23.9. The molecule has 2 aromatic carbocycles. The van der Waals surface area contributed by atoms with Gasteiger partial charge in [0.05, 0.1) is 10.6 Å². The molecule has 31 heavy (non-hydrogen) atoms. The molecule has 3 rings (SSSR count). The van der Waals surface area contributed by atoms with E-state index in [4.69, 9.17) is 4.55 Å². The summed E-state index contributed by atoms with van der Waals surface area (Å²) in [5, 5.41) is 0.225. The monoisotopic (exact) mass is 493 g/mol. The second-order valence-corrected chi connectivity index (χ2v) is 12.5. The minimum Gasteiger partial charge on any atom is -0.367 e. The Bertz CT molecular complexity index is 1380. The van der Waals surface area contributed by atoms with Crippen LogP contribution in [0.3, 0.4) is 0 Å². The van der Waals surface area contributed by atoms with Crippen molar-refractivity contribution in [2.45, 2.75) is 48.4 Å². The van der Waals surface area contributed by atoms with E-state index in [0.717, 1.165) is 12.1 Å². The van der Waals surface area contributed by atoms with Gasteiger partial charge >= 0.3 is 0 Å². The molecule has 1 unspecified atom stereocenters. The van der Waals surface area contributed by atoms with Crippen molar-refractivity contribution in [3.05, 3.63) is 29.8 Å². The molecule has 0 radical (unpaired) electrons. The summed E-state index contributed by atoms with van der Waals surface area (Å²) < 4.78 is 97.8. The van der Waals surface area contributed by atoms with Crippen LogP contribution in [0.2, 0.25) is 0 Å². The average Bonchev–Trinajstić information content (AvgIpc) is 2.78. The molecule has 0 spiro atoms. The van der Waals surface area contributed by atoms with Gasteiger partial charge in [0.2, 0.25) is 0 Å². The van der Waals surface area contributed by atoms with Crippen molar-refractivity contribution < 1.29 is 38.9 Å². The van der Waals surface area contributed by atoms with E-state index in [1.165, 1.54) is 12.1 Å². The van der Waals surface area contributed by atoms with Crippen LogP contribution in [0.4, 0.5) is 5.69 Å². The molecule has 0 fully saturated rings. The zero-order chi connectivity index (χ0) is 23.6. The van der Waals surface area contributed by atoms with Crippen molar-refractivity contribution in [1.29, 1.82) is 0 Å². The highest BCUT2D eigenvalue weighted by atomic mass is 32.2. The fourth-order valence-corrected chi connectivity index (χ4v) is 5.78. The molecule has 1 aliphatic heterocycles. The third-order valence-corrected chi connectivity index (χ3v) is 8.46. The van der Waals surface area contributed by atoms with Crippen LogP contribution in [0.15, 0.2) is 34.1 Å². The summed E-state index contributed by atoms with van der Waals surface area (Å²) >= 11 is 0. The van der Waals surface area contributed by atoms with Crippen molar-refractivity contribution in [2.24, 2.45) is 0 Å². The zero-order valence-electron chi connectivity index (χ0n) is 17.0. The molecule has 3 N–H and O–H groups in total. The molecule has 0 amide bonds. The van der Waals surface area contributed by atoms with Crippen molar-refractivity contribution in [3.8, 4) is 0 Å². The summed E-state index contributed by atoms with van der Waals surface area (Å²) in [7, 11) is -13.5. The lowest BCUT2D eigenvalue weighted by atomic mass is 9.81. The van der Waals surface area contributed by atoms with E-state index < -0.39 is 51.3 Å². The maximum atomic E-state index is 12.1. The Morgan fingerprint density at radius 2 is 1.55 bits per heavy atom. The van der Waals surface area contributed by atoms with Gasteiger partial charge in [-0.1, -0.05) is 19.9 Å². The Morgan fingerprint density at radius 3 is 2.06 bits per heavy atom. The minimum absolute atomic E-state index is 0.0962. The predicted octanol–water partition coefficient (Wildman–Crippen LogP) is 2.10. The van der Waals surface area contributed by atoms with E-state index >= 15 is 0 Å². The standard InChI is InChI=1S/C18H23NO9S3/c1-11-18(2,3)15-10-16(31(26,27)28)14-9-12(30(23,24)25)5-6-13(14)17(15)19(11)7-4-8-29(20,21)22/h5-6,9-11H,4,7-8H2,1-3H3,(H,20,21,22)(H,23,24,25)(H,26,27,28). The SMILES string of the molecule is CC1N(CCCS(=O)(=O)O)c2c(cc(S(=O)(=O)O)c3cc(S(=O)(=O)O)ccc23)C1(C)C. The van der Waals surface area contributed by atoms with Gasteiger partial charge in [0.15, 0.2) is 0 Å². The molecule has 0 saturated carbocycles. The van der Waals surface area contributed by atoms with E-state index in [-0.39, 0.29) is 24.4 Å². The van der Waals surface area contributed by atoms with Crippen LogP contribution in [-0.2, 0) is 35.8 Å². The van der Waals surface area contributed by atoms with Gasteiger partial charge in [-0.3, -0.25) is 13.7 Å². The highest BCUT2D eigenvalue weighted by Gasteiger charge is 2.43. The van der Waals surface area contributed by atoms with Crippen LogP contribution in [0, 0.1) is 0 Å². The third kappa shape index (κ3) is 4.43. The first-order chi connectivity index (χ1) is 13.9. The maximum absolute atomic E-state index is 12.1. The van der Waals surface area contributed by atoms with Gasteiger partial charge in [-0.2, -0.15) is 25.3 Å². The predicted molar refractivity (Wildman–Crippen MR) is 114 cm³/mol. The van der Waals surface area contributed by atoms with E-state index in [0.29, 0.717) is 16.6 Å². The summed E-state index contributed by atoms with van der Waals surface area (Å²) in [6, 6.07) is 4.50. The number of fused-ring (bicyclic) bond motifs is 3. The molecular weight excluding hydrogens is 470 g/mol. The van der Waals surface area contributed by atoms with Crippen molar-refractivity contribution in [1.82, 2.24) is 0 Å². The average molecular weight is 494 g/mol. The van der Waals surface area contributed by atoms with Crippen molar-refractivity contribution >= 4 is 46.8 Å². The van der Waals surface area contributed by atoms with Crippen LogP contribution in [0.5, 0.6) is 0 Å². The lowest BCUT2D eigenvalue weighted by Gasteiger charge is -2.31. The highest BCUT2D eigenvalue weighted by Crippen LogP contribution is 2.50. The first-order valence-corrected chi connectivity index (χ1v) is 13.7. The van der Waals surface area contributed by atoms with E-state index in [2.05, 4.69) is 0 Å². The molecule has 1 atom stereocenters. The summed E-state index contributed by atoms with van der Waals surface area (Å²) in [5.41, 5.74) is 0.534. The number of rotatable bonds is 6. The topological polar surface area (TPSA) is 166 Å². The Kier molecular flexibility index (Phi) is 5.69. The normalized spacial score (nSPS) is 19.0. The van der Waals surface area contributed by atoms with Crippen molar-refractivity contribution in [2.75, 3.05) is 17.2 Å². The van der Waals surface area contributed by atoms with Crippen molar-refractivity contribution in [3.63, 3.8) is 0 Å². The quantitative estimate of drug-likeness (QED) is 0.507. The number of nitrogens with zero attached hydrogens (tertiary/aromatic N) is 1. The molecule has 0 aliphatic carbocycles. The lowest BCUT2D eigenvalue weighted by Crippen LogP contribution is -2.39. The number of hydrogen-bond acceptors (Lipinski definition) is 7. The zero-order valence-corrected chi connectivity index (χ0v) is 19.4. The minimum atomic E-state index is -4.74. The second kappa shape index (κ2) is 7.39. The molecule has 1 heterocycles. The smallest absolute Gasteiger partial charge is 0.295 e. The maximum Gasteiger partial charge on any atom is 0.295 e. The van der Waals surface area contributed by atoms with E-state index in [1.807, 2.05) is 25.7 Å². The van der Waals surface area contributed by atoms with Crippen LogP contribution < -0.4 is 4.90 Å². The molecule has 13 heteroatoms. The van der Waals surface area contributed by atoms with Crippen LogP contribution >= 0.6 is 0 Å². The Balaban J connectivity index is 2.33. The fraction of sp³-hybridized carbons (Fsp3) is 0.444. The molecule has 1 aliphatic rings. The highest BCUT2D eigenvalue weighted by molar-refractivity contribution is 7.86. The molecule has 10 nitrogen and oxygen atoms in total. The Morgan fingerprint density at radius 1 is 0.935 bits per heavy atom. The van der Waals surface area contributed by atoms with E-state index in [9.17, 15) is 34.4 Å². The molecular formula is C18H23NO9S3. The second-order valence-electron chi connectivity index (χ2n) is 8.16. The van der Waals surface area contributed by atoms with Crippen LogP contribution in [0.1, 0.15) is 32.8 Å². The first-order valence-electron chi connectivity index (χ1n) is 9.22. The van der Waals surface area contributed by atoms with Gasteiger partial charge < -0.3 is 4.90 Å². The summed E-state index contributed by atoms with van der Waals surface area (Å²) in [6.45, 7) is 5.83. The van der Waals surface area contributed by atoms with Gasteiger partial charge in [-0.15, -0.1) is 0 Å². The third-order valence-electron chi connectivity index (χ3n) is 5.91. The summed E-state index contributed by atoms with van der Waals surface area (Å²) in [4.78, 5) is 0.837. The summed E-state index contributed by atoms with van der Waals surface area (Å²) in [6.07, 6.45) is 0.101. The van der Waals surface area contributed by atoms with Crippen LogP contribution in [0.25, 0.3) is 10.8 Å². The van der Waals surface area contributed by atoms with Gasteiger partial charge in [0.1, 0.15) is 4.90 Å². The van der Waals surface area contributed by atoms with Gasteiger partial charge in [0, 0.05) is 34.5 Å². The van der Waals surface area contributed by atoms with Gasteiger partial charge in [0.25, 0.3) is 30.4 Å². The molecule has 172 valence electrons. The molecule has 0 saturated heterocycles. The number of hydrogen-bond donors (Lipinski definition) is 3. The largest absolute Gasteiger partial charge is 0.367 e. The lowest BCUT2D eigenvalue weighted by molar-refractivity contribution is 0.438. The molecule has 2 aromatic rings. The van der Waals surface area contributed by atoms with E-state index in [1.54, 1.807) is 0 Å². The molecule has 0 aromatic heterocycles. The van der Waals surface area contributed by atoms with Gasteiger partial charge in [-0.05, 0) is 37.1 Å². The Hall–Kier alpha value is -1.77. The fourth-order valence-electron chi connectivity index (χ4n) is 4.06. The number of anilines is 1. The number of benzene rings is 2. The van der Waals surface area contributed by atoms with Gasteiger partial charge in [-0.25, -0.2) is 0 Å². The summed E-state index contributed by atoms with van der Waals surface area (Å²) in [5.74, 6) is -0.458. The van der Waals surface area contributed by atoms with Crippen LogP contribution in [-0.4, -0.2) is 57.3 Å².